The molecule has 3 aromatic rings. The predicted molar refractivity (Wildman–Crippen MR) is 129 cm³/mol. The number of aromatic nitrogens is 3. The van der Waals surface area contributed by atoms with Gasteiger partial charge < -0.3 is 10.1 Å². The van der Waals surface area contributed by atoms with Crippen molar-refractivity contribution in [1.82, 2.24) is 24.6 Å². The number of rotatable bonds is 7. The molecule has 0 radical (unpaired) electrons. The number of carbonyl (C=O) groups is 1. The van der Waals surface area contributed by atoms with Gasteiger partial charge in [-0.3, -0.25) is 19.1 Å². The smallest absolute Gasteiger partial charge is 0.352 e. The van der Waals surface area contributed by atoms with Crippen LogP contribution in [0.5, 0.6) is 0 Å². The summed E-state index contributed by atoms with van der Waals surface area (Å²) in [6.07, 6.45) is 0. The van der Waals surface area contributed by atoms with E-state index in [1.165, 1.54) is 0 Å². The highest BCUT2D eigenvalue weighted by Crippen LogP contribution is 2.11. The van der Waals surface area contributed by atoms with E-state index in [1.54, 1.807) is 36.4 Å². The van der Waals surface area contributed by atoms with E-state index in [1.807, 2.05) is 19.1 Å². The van der Waals surface area contributed by atoms with Crippen molar-refractivity contribution in [3.8, 4) is 5.69 Å². The van der Waals surface area contributed by atoms with Crippen LogP contribution in [-0.2, 0) is 11.3 Å². The molecule has 1 aliphatic rings. The summed E-state index contributed by atoms with van der Waals surface area (Å²) in [5.74, 6) is -0.626. The lowest BCUT2D eigenvalue weighted by Gasteiger charge is -2.26. The molecule has 2 heterocycles. The van der Waals surface area contributed by atoms with Gasteiger partial charge in [0.05, 0.1) is 25.4 Å². The van der Waals surface area contributed by atoms with Crippen molar-refractivity contribution in [2.24, 2.45) is 0 Å². The molecule has 1 fully saturated rings. The maximum absolute atomic E-state index is 13.2. The molecule has 1 amide bonds. The zero-order valence-electron chi connectivity index (χ0n) is 18.9. The number of hydrogen-bond acceptors (Lipinski definition) is 6. The first-order valence-corrected chi connectivity index (χ1v) is 11.4. The summed E-state index contributed by atoms with van der Waals surface area (Å²) in [4.78, 5) is 41.5. The number of halogens is 1. The second-order valence-corrected chi connectivity index (χ2v) is 8.55. The van der Waals surface area contributed by atoms with Crippen molar-refractivity contribution in [3.05, 3.63) is 91.2 Å². The van der Waals surface area contributed by atoms with Crippen LogP contribution in [0.25, 0.3) is 5.69 Å². The molecule has 0 saturated carbocycles. The Morgan fingerprint density at radius 2 is 1.85 bits per heavy atom. The maximum atomic E-state index is 13.2. The van der Waals surface area contributed by atoms with Gasteiger partial charge in [-0.15, -0.1) is 0 Å². The lowest BCUT2D eigenvalue weighted by Crippen LogP contribution is -2.47. The van der Waals surface area contributed by atoms with Gasteiger partial charge in [-0.25, -0.2) is 4.79 Å². The number of carbonyl (C=O) groups excluding carboxylic acids is 1. The van der Waals surface area contributed by atoms with Crippen LogP contribution in [0, 0.1) is 6.92 Å². The van der Waals surface area contributed by atoms with Crippen molar-refractivity contribution < 1.29 is 9.53 Å². The first-order valence-electron chi connectivity index (χ1n) is 11.1. The standard InChI is InChI=1S/C24H26ClN5O4/c1-17-5-7-20(8-6-17)30-24(33)29(16-18-3-2-4-19(25)15-18)23(32)21(27-30)22(31)26-9-10-28-11-13-34-14-12-28/h2-8,15H,9-14,16H2,1H3,(H,26,31). The van der Waals surface area contributed by atoms with Gasteiger partial charge in [0.1, 0.15) is 0 Å². The Balaban J connectivity index is 1.67. The maximum Gasteiger partial charge on any atom is 0.352 e. The lowest BCUT2D eigenvalue weighted by atomic mass is 10.2. The molecule has 0 unspecified atom stereocenters. The molecule has 4 rings (SSSR count). The summed E-state index contributed by atoms with van der Waals surface area (Å²) in [6, 6.07) is 14.0. The highest BCUT2D eigenvalue weighted by molar-refractivity contribution is 6.30. The first kappa shape index (κ1) is 23.9. The molecule has 10 heteroatoms. The molecule has 1 aromatic heterocycles. The largest absolute Gasteiger partial charge is 0.379 e. The average Bonchev–Trinajstić information content (AvgIpc) is 2.83. The van der Waals surface area contributed by atoms with Crippen LogP contribution in [0.1, 0.15) is 21.6 Å². The quantitative estimate of drug-likeness (QED) is 0.546. The summed E-state index contributed by atoms with van der Waals surface area (Å²) in [5, 5.41) is 7.40. The van der Waals surface area contributed by atoms with Crippen LogP contribution in [0.3, 0.4) is 0 Å². The van der Waals surface area contributed by atoms with E-state index in [4.69, 9.17) is 16.3 Å². The van der Waals surface area contributed by atoms with Crippen LogP contribution in [0.4, 0.5) is 0 Å². The van der Waals surface area contributed by atoms with E-state index in [0.717, 1.165) is 27.9 Å². The number of morpholine rings is 1. The van der Waals surface area contributed by atoms with E-state index >= 15 is 0 Å². The highest BCUT2D eigenvalue weighted by atomic mass is 35.5. The zero-order valence-corrected chi connectivity index (χ0v) is 19.6. The molecule has 178 valence electrons. The fourth-order valence-corrected chi connectivity index (χ4v) is 3.92. The number of hydrogen-bond donors (Lipinski definition) is 1. The van der Waals surface area contributed by atoms with Gasteiger partial charge in [0.15, 0.2) is 0 Å². The summed E-state index contributed by atoms with van der Waals surface area (Å²) in [6.45, 7) is 5.75. The molecule has 9 nitrogen and oxygen atoms in total. The van der Waals surface area contributed by atoms with Crippen molar-refractivity contribution in [3.63, 3.8) is 0 Å². The molecule has 1 saturated heterocycles. The monoisotopic (exact) mass is 483 g/mol. The fourth-order valence-electron chi connectivity index (χ4n) is 3.70. The van der Waals surface area contributed by atoms with Crippen molar-refractivity contribution >= 4 is 17.5 Å². The van der Waals surface area contributed by atoms with Crippen molar-refractivity contribution in [2.75, 3.05) is 39.4 Å². The number of aryl methyl sites for hydroxylation is 1. The van der Waals surface area contributed by atoms with Crippen LogP contribution in [0.2, 0.25) is 5.02 Å². The Kier molecular flexibility index (Phi) is 7.56. The summed E-state index contributed by atoms with van der Waals surface area (Å²) >= 11 is 6.08. The number of nitrogens with one attached hydrogen (secondary N) is 1. The fraction of sp³-hybridized carbons (Fsp3) is 0.333. The van der Waals surface area contributed by atoms with Gasteiger partial charge in [-0.1, -0.05) is 41.4 Å². The third-order valence-corrected chi connectivity index (χ3v) is 5.84. The summed E-state index contributed by atoms with van der Waals surface area (Å²) in [5.41, 5.74) is 0.384. The molecular weight excluding hydrogens is 458 g/mol. The Bertz CT molecular complexity index is 1280. The lowest BCUT2D eigenvalue weighted by molar-refractivity contribution is 0.0383. The van der Waals surface area contributed by atoms with Crippen LogP contribution in [0.15, 0.2) is 58.1 Å². The van der Waals surface area contributed by atoms with Crippen LogP contribution < -0.4 is 16.6 Å². The van der Waals surface area contributed by atoms with E-state index in [0.29, 0.717) is 42.6 Å². The minimum Gasteiger partial charge on any atom is -0.379 e. The Labute approximate surface area is 201 Å². The Morgan fingerprint density at radius 1 is 1.12 bits per heavy atom. The van der Waals surface area contributed by atoms with Crippen LogP contribution >= 0.6 is 11.6 Å². The Hall–Kier alpha value is -3.27. The van der Waals surface area contributed by atoms with Gasteiger partial charge in [0.25, 0.3) is 11.5 Å². The molecule has 0 aliphatic carbocycles. The minimum absolute atomic E-state index is 0.0410. The summed E-state index contributed by atoms with van der Waals surface area (Å²) in [7, 11) is 0. The number of ether oxygens (including phenoxy) is 1. The summed E-state index contributed by atoms with van der Waals surface area (Å²) < 4.78 is 7.43. The van der Waals surface area contributed by atoms with E-state index < -0.39 is 17.2 Å². The van der Waals surface area contributed by atoms with Gasteiger partial charge in [0, 0.05) is 31.2 Å². The van der Waals surface area contributed by atoms with E-state index in [-0.39, 0.29) is 12.2 Å². The first-order chi connectivity index (χ1) is 16.4. The van der Waals surface area contributed by atoms with Gasteiger partial charge in [0.2, 0.25) is 5.69 Å². The molecular formula is C24H26ClN5O4. The molecule has 2 aromatic carbocycles. The van der Waals surface area contributed by atoms with Gasteiger partial charge in [-0.2, -0.15) is 9.78 Å². The third-order valence-electron chi connectivity index (χ3n) is 5.60. The van der Waals surface area contributed by atoms with E-state index in [2.05, 4.69) is 15.3 Å². The Morgan fingerprint density at radius 3 is 2.56 bits per heavy atom. The molecule has 0 spiro atoms. The molecule has 34 heavy (non-hydrogen) atoms. The average molecular weight is 484 g/mol. The van der Waals surface area contributed by atoms with Crippen LogP contribution in [-0.4, -0.2) is 64.5 Å². The van der Waals surface area contributed by atoms with Gasteiger partial charge >= 0.3 is 5.69 Å². The number of nitrogens with zero attached hydrogens (tertiary/aromatic N) is 4. The number of benzene rings is 2. The third kappa shape index (κ3) is 5.61. The number of amides is 1. The zero-order chi connectivity index (χ0) is 24.1. The second kappa shape index (κ2) is 10.8. The topological polar surface area (TPSA) is 98.5 Å². The normalized spacial score (nSPS) is 14.2. The molecule has 1 N–H and O–H groups in total. The molecule has 0 atom stereocenters. The predicted octanol–water partition coefficient (Wildman–Crippen LogP) is 1.47. The second-order valence-electron chi connectivity index (χ2n) is 8.11. The van der Waals surface area contributed by atoms with Crippen molar-refractivity contribution in [1.29, 1.82) is 0 Å². The van der Waals surface area contributed by atoms with Gasteiger partial charge in [-0.05, 0) is 36.8 Å². The van der Waals surface area contributed by atoms with E-state index in [9.17, 15) is 14.4 Å². The SMILES string of the molecule is Cc1ccc(-n2nc(C(=O)NCCN3CCOCC3)c(=O)n(Cc3cccc(Cl)c3)c2=O)cc1. The molecule has 1 aliphatic heterocycles. The highest BCUT2D eigenvalue weighted by Gasteiger charge is 2.21. The van der Waals surface area contributed by atoms with Crippen molar-refractivity contribution in [2.45, 2.75) is 13.5 Å². The minimum atomic E-state index is -0.753. The molecule has 0 bridgehead atoms.